The third-order valence-corrected chi connectivity index (χ3v) is 4.79. The highest BCUT2D eigenvalue weighted by Gasteiger charge is 2.45. The van der Waals surface area contributed by atoms with Gasteiger partial charge < -0.3 is 19.9 Å². The Balaban J connectivity index is 2.12. The topological polar surface area (TPSA) is 74.4 Å². The van der Waals surface area contributed by atoms with E-state index in [1.807, 2.05) is 25.1 Å². The molecule has 0 saturated heterocycles. The number of nitrogens with one attached hydrogen (secondary N) is 2. The molecule has 0 fully saturated rings. The van der Waals surface area contributed by atoms with Crippen LogP contribution in [0.5, 0.6) is 0 Å². The monoisotopic (exact) mass is 329 g/mol. The van der Waals surface area contributed by atoms with E-state index < -0.39 is 5.54 Å². The molecule has 2 aromatic rings. The maximum Gasteiger partial charge on any atom is 0.317 e. The van der Waals surface area contributed by atoms with Gasteiger partial charge in [0.05, 0.1) is 18.6 Å². The highest BCUT2D eigenvalue weighted by Crippen LogP contribution is 2.41. The lowest BCUT2D eigenvalue weighted by Gasteiger charge is -2.43. The molecule has 6 heteroatoms. The number of benzene rings is 1. The maximum atomic E-state index is 12.4. The van der Waals surface area contributed by atoms with E-state index in [2.05, 4.69) is 16.4 Å². The van der Waals surface area contributed by atoms with Crippen molar-refractivity contribution < 1.29 is 14.3 Å². The largest absolute Gasteiger partial charge is 0.466 e. The lowest BCUT2D eigenvalue weighted by Crippen LogP contribution is -2.55. The van der Waals surface area contributed by atoms with E-state index in [0.29, 0.717) is 13.2 Å². The van der Waals surface area contributed by atoms with Gasteiger partial charge in [0.2, 0.25) is 0 Å². The Kier molecular flexibility index (Phi) is 4.22. The fourth-order valence-electron chi connectivity index (χ4n) is 3.66. The second-order valence-electron chi connectivity index (χ2n) is 6.24. The number of aromatic amines is 1. The molecule has 0 spiro atoms. The quantitative estimate of drug-likeness (QED) is 0.850. The van der Waals surface area contributed by atoms with Gasteiger partial charge in [0.15, 0.2) is 0 Å². The zero-order chi connectivity index (χ0) is 17.3. The summed E-state index contributed by atoms with van der Waals surface area (Å²) >= 11 is 0. The minimum Gasteiger partial charge on any atom is -0.466 e. The minimum atomic E-state index is -0.765. The van der Waals surface area contributed by atoms with Gasteiger partial charge in [0, 0.05) is 30.2 Å². The number of H-pyrrole nitrogens is 1. The normalized spacial score (nSPS) is 19.9. The number of carbonyl (C=O) groups excluding carboxylic acids is 2. The van der Waals surface area contributed by atoms with Gasteiger partial charge >= 0.3 is 12.0 Å². The van der Waals surface area contributed by atoms with Crippen molar-refractivity contribution in [2.24, 2.45) is 0 Å². The van der Waals surface area contributed by atoms with E-state index in [1.54, 1.807) is 18.9 Å². The Labute approximate surface area is 141 Å². The lowest BCUT2D eigenvalue weighted by atomic mass is 9.84. The number of amides is 2. The molecule has 0 bridgehead atoms. The molecule has 2 heterocycles. The highest BCUT2D eigenvalue weighted by molar-refractivity contribution is 5.87. The SMILES string of the molecule is CCOC(=O)CC1(C)c2[nH]c3ccccc3c2CCN1C(=O)NC. The van der Waals surface area contributed by atoms with E-state index in [4.69, 9.17) is 4.74 Å². The van der Waals surface area contributed by atoms with Crippen LogP contribution in [0.4, 0.5) is 4.79 Å². The molecule has 2 amide bonds. The third kappa shape index (κ3) is 2.52. The molecule has 3 rings (SSSR count). The fraction of sp³-hybridized carbons (Fsp3) is 0.444. The summed E-state index contributed by atoms with van der Waals surface area (Å²) in [5.74, 6) is -0.305. The Morgan fingerprint density at radius 2 is 2.12 bits per heavy atom. The van der Waals surface area contributed by atoms with Crippen molar-refractivity contribution in [3.05, 3.63) is 35.5 Å². The number of ether oxygens (including phenoxy) is 1. The summed E-state index contributed by atoms with van der Waals surface area (Å²) in [5.41, 5.74) is 2.36. The zero-order valence-corrected chi connectivity index (χ0v) is 14.3. The van der Waals surface area contributed by atoms with Gasteiger partial charge in [-0.05, 0) is 31.9 Å². The standard InChI is InChI=1S/C18H23N3O3/c1-4-24-15(22)11-18(2)16-13(9-10-21(18)17(23)19-3)12-7-5-6-8-14(12)20-16/h5-8,20H,4,9-11H2,1-3H3,(H,19,23). The van der Waals surface area contributed by atoms with E-state index in [1.165, 1.54) is 5.56 Å². The molecule has 24 heavy (non-hydrogen) atoms. The molecule has 1 aromatic heterocycles. The van der Waals surface area contributed by atoms with Crippen LogP contribution >= 0.6 is 0 Å². The number of fused-ring (bicyclic) bond motifs is 3. The van der Waals surface area contributed by atoms with Crippen molar-refractivity contribution in [2.45, 2.75) is 32.2 Å². The summed E-state index contributed by atoms with van der Waals surface area (Å²) in [6, 6.07) is 7.88. The predicted octanol–water partition coefficient (Wildman–Crippen LogP) is 2.53. The molecule has 0 saturated carbocycles. The first-order chi connectivity index (χ1) is 11.5. The first kappa shape index (κ1) is 16.4. The summed E-state index contributed by atoms with van der Waals surface area (Å²) in [6.45, 7) is 4.59. The molecular formula is C18H23N3O3. The molecule has 1 aromatic carbocycles. The Morgan fingerprint density at radius 3 is 2.83 bits per heavy atom. The molecule has 1 aliphatic rings. The van der Waals surface area contributed by atoms with Crippen molar-refractivity contribution in [2.75, 3.05) is 20.2 Å². The summed E-state index contributed by atoms with van der Waals surface area (Å²) in [7, 11) is 1.61. The predicted molar refractivity (Wildman–Crippen MR) is 91.8 cm³/mol. The average molecular weight is 329 g/mol. The van der Waals surface area contributed by atoms with Crippen LogP contribution < -0.4 is 5.32 Å². The van der Waals surface area contributed by atoms with Crippen LogP contribution in [0, 0.1) is 0 Å². The number of hydrogen-bond donors (Lipinski definition) is 2. The van der Waals surface area contributed by atoms with Gasteiger partial charge in [-0.25, -0.2) is 4.79 Å². The first-order valence-corrected chi connectivity index (χ1v) is 8.26. The zero-order valence-electron chi connectivity index (χ0n) is 14.3. The second-order valence-corrected chi connectivity index (χ2v) is 6.24. The van der Waals surface area contributed by atoms with Crippen molar-refractivity contribution in [3.63, 3.8) is 0 Å². The number of carbonyl (C=O) groups is 2. The number of para-hydroxylation sites is 1. The smallest absolute Gasteiger partial charge is 0.317 e. The second kappa shape index (κ2) is 6.19. The highest BCUT2D eigenvalue weighted by atomic mass is 16.5. The fourth-order valence-corrected chi connectivity index (χ4v) is 3.66. The summed E-state index contributed by atoms with van der Waals surface area (Å²) in [6.07, 6.45) is 0.874. The Morgan fingerprint density at radius 1 is 1.38 bits per heavy atom. The van der Waals surface area contributed by atoms with E-state index in [0.717, 1.165) is 23.0 Å². The van der Waals surface area contributed by atoms with Crippen LogP contribution in [0.1, 0.15) is 31.5 Å². The molecule has 6 nitrogen and oxygen atoms in total. The molecule has 0 radical (unpaired) electrons. The van der Waals surface area contributed by atoms with Crippen LogP contribution in [0.3, 0.4) is 0 Å². The molecule has 1 aliphatic heterocycles. The number of hydrogen-bond acceptors (Lipinski definition) is 3. The van der Waals surface area contributed by atoms with Gasteiger partial charge in [-0.2, -0.15) is 0 Å². The third-order valence-electron chi connectivity index (χ3n) is 4.79. The van der Waals surface area contributed by atoms with E-state index in [-0.39, 0.29) is 18.4 Å². The molecule has 0 aliphatic carbocycles. The van der Waals surface area contributed by atoms with Gasteiger partial charge in [-0.1, -0.05) is 18.2 Å². The number of aromatic nitrogens is 1. The van der Waals surface area contributed by atoms with E-state index >= 15 is 0 Å². The van der Waals surface area contributed by atoms with Crippen molar-refractivity contribution >= 4 is 22.9 Å². The van der Waals surface area contributed by atoms with Gasteiger partial charge in [-0.15, -0.1) is 0 Å². The number of urea groups is 1. The lowest BCUT2D eigenvalue weighted by molar-refractivity contribution is -0.146. The minimum absolute atomic E-state index is 0.119. The number of rotatable bonds is 3. The average Bonchev–Trinajstić information content (AvgIpc) is 2.95. The van der Waals surface area contributed by atoms with Gasteiger partial charge in [0.25, 0.3) is 0 Å². The summed E-state index contributed by atoms with van der Waals surface area (Å²) < 4.78 is 5.15. The van der Waals surface area contributed by atoms with Crippen LogP contribution in [-0.2, 0) is 21.5 Å². The van der Waals surface area contributed by atoms with Crippen molar-refractivity contribution in [1.29, 1.82) is 0 Å². The van der Waals surface area contributed by atoms with Gasteiger partial charge in [-0.3, -0.25) is 4.79 Å². The van der Waals surface area contributed by atoms with Crippen molar-refractivity contribution in [3.8, 4) is 0 Å². The summed E-state index contributed by atoms with van der Waals surface area (Å²) in [5, 5.41) is 3.83. The number of esters is 1. The Bertz CT molecular complexity index is 783. The molecular weight excluding hydrogens is 306 g/mol. The van der Waals surface area contributed by atoms with Crippen LogP contribution in [0.2, 0.25) is 0 Å². The van der Waals surface area contributed by atoms with Crippen LogP contribution in [-0.4, -0.2) is 42.1 Å². The maximum absolute atomic E-state index is 12.4. The molecule has 128 valence electrons. The first-order valence-electron chi connectivity index (χ1n) is 8.26. The molecule has 1 unspecified atom stereocenters. The number of nitrogens with zero attached hydrogens (tertiary/aromatic N) is 1. The molecule has 2 N–H and O–H groups in total. The van der Waals surface area contributed by atoms with E-state index in [9.17, 15) is 9.59 Å². The Hall–Kier alpha value is -2.50. The van der Waals surface area contributed by atoms with Gasteiger partial charge in [0.1, 0.15) is 0 Å². The molecule has 1 atom stereocenters. The summed E-state index contributed by atoms with van der Waals surface area (Å²) in [4.78, 5) is 29.8. The van der Waals surface area contributed by atoms with Crippen molar-refractivity contribution in [1.82, 2.24) is 15.2 Å². The van der Waals surface area contributed by atoms with Crippen LogP contribution in [0.25, 0.3) is 10.9 Å². The van der Waals surface area contributed by atoms with Crippen LogP contribution in [0.15, 0.2) is 24.3 Å².